The van der Waals surface area contributed by atoms with E-state index in [1.807, 2.05) is 0 Å². The molecule has 0 atom stereocenters. The van der Waals surface area contributed by atoms with Gasteiger partial charge in [-0.15, -0.1) is 8.29 Å². The van der Waals surface area contributed by atoms with Crippen LogP contribution in [0.4, 0.5) is 0 Å². The Morgan fingerprint density at radius 1 is 1.31 bits per heavy atom. The zero-order valence-corrected chi connectivity index (χ0v) is 10.2. The Bertz CT molecular complexity index is 558. The topological polar surface area (TPSA) is 112 Å². The Labute approximate surface area is 92.9 Å². The molecule has 0 aromatic heterocycles. The fourth-order valence-electron chi connectivity index (χ4n) is 1.38. The van der Waals surface area contributed by atoms with Crippen LogP contribution in [0.25, 0.3) is 0 Å². The lowest BCUT2D eigenvalue weighted by Crippen LogP contribution is -2.40. The number of nitrogens with zero attached hydrogens (tertiary/aromatic N) is 2. The average molecular weight is 271 g/mol. The van der Waals surface area contributed by atoms with E-state index in [0.29, 0.717) is 8.29 Å². The van der Waals surface area contributed by atoms with Gasteiger partial charge in [-0.05, 0) is 0 Å². The van der Waals surface area contributed by atoms with Gasteiger partial charge in [0.2, 0.25) is 0 Å². The van der Waals surface area contributed by atoms with E-state index in [-0.39, 0.29) is 13.1 Å². The normalized spacial score (nSPS) is 18.0. The molecule has 1 aliphatic heterocycles. The standard InChI is InChI=1S/C6H10N2O6S2/c1-15(11,12)7-3-4-8(16(2,13)14)5(7)6(9)10/h3-4H2,1-2H3/p+1. The fraction of sp³-hybridized carbons (Fsp3) is 0.667. The first-order chi connectivity index (χ1) is 7.05. The van der Waals surface area contributed by atoms with E-state index in [9.17, 15) is 21.6 Å². The minimum atomic E-state index is -3.78. The van der Waals surface area contributed by atoms with E-state index < -0.39 is 31.9 Å². The molecular formula is C6H11N2O6S2+. The molecule has 0 unspecified atom stereocenters. The second kappa shape index (κ2) is 3.70. The molecule has 0 spiro atoms. The second-order valence-electron chi connectivity index (χ2n) is 3.30. The first kappa shape index (κ1) is 12.9. The summed E-state index contributed by atoms with van der Waals surface area (Å²) in [6, 6.07) is 0. The maximum Gasteiger partial charge on any atom is 0.421 e. The summed E-state index contributed by atoms with van der Waals surface area (Å²) in [6.45, 7) is -0.374. The number of carboxylic acid groups (broad SMARTS) is 1. The minimum Gasteiger partial charge on any atom is -0.472 e. The van der Waals surface area contributed by atoms with Gasteiger partial charge in [-0.2, -0.15) is 16.8 Å². The Kier molecular flexibility index (Phi) is 2.98. The van der Waals surface area contributed by atoms with Gasteiger partial charge in [0.15, 0.2) is 0 Å². The number of amidine groups is 1. The van der Waals surface area contributed by atoms with Crippen molar-refractivity contribution in [2.24, 2.45) is 0 Å². The van der Waals surface area contributed by atoms with Crippen LogP contribution in [0, 0.1) is 0 Å². The van der Waals surface area contributed by atoms with Crippen LogP contribution in [0.2, 0.25) is 0 Å². The third kappa shape index (κ3) is 2.32. The molecule has 0 saturated carbocycles. The summed E-state index contributed by atoms with van der Waals surface area (Å²) in [5, 5.41) is 8.83. The van der Waals surface area contributed by atoms with E-state index in [1.165, 1.54) is 0 Å². The van der Waals surface area contributed by atoms with E-state index in [1.54, 1.807) is 0 Å². The molecule has 0 aromatic carbocycles. The second-order valence-corrected chi connectivity index (χ2v) is 7.11. The van der Waals surface area contributed by atoms with Gasteiger partial charge in [0, 0.05) is 0 Å². The zero-order chi connectivity index (χ0) is 12.7. The van der Waals surface area contributed by atoms with Crippen molar-refractivity contribution in [2.75, 3.05) is 25.6 Å². The highest BCUT2D eigenvalue weighted by Crippen LogP contribution is 2.10. The predicted molar refractivity (Wildman–Crippen MR) is 54.2 cm³/mol. The van der Waals surface area contributed by atoms with E-state index in [4.69, 9.17) is 5.11 Å². The van der Waals surface area contributed by atoms with Crippen LogP contribution >= 0.6 is 0 Å². The summed E-state index contributed by atoms with van der Waals surface area (Å²) in [5.41, 5.74) is 0. The van der Waals surface area contributed by atoms with Crippen LogP contribution in [-0.2, 0) is 24.8 Å². The predicted octanol–water partition coefficient (Wildman–Crippen LogP) is -2.28. The summed E-state index contributed by atoms with van der Waals surface area (Å²) in [5.74, 6) is -2.33. The van der Waals surface area contributed by atoms with Crippen LogP contribution in [0.3, 0.4) is 0 Å². The zero-order valence-electron chi connectivity index (χ0n) is 8.61. The van der Waals surface area contributed by atoms with Crippen molar-refractivity contribution in [3.05, 3.63) is 0 Å². The van der Waals surface area contributed by atoms with Crippen molar-refractivity contribution in [3.8, 4) is 0 Å². The van der Waals surface area contributed by atoms with Crippen LogP contribution in [0.1, 0.15) is 0 Å². The highest BCUT2D eigenvalue weighted by Gasteiger charge is 2.45. The molecule has 16 heavy (non-hydrogen) atoms. The monoisotopic (exact) mass is 271 g/mol. The molecular weight excluding hydrogens is 260 g/mol. The molecule has 0 amide bonds. The third-order valence-corrected chi connectivity index (χ3v) is 4.28. The molecule has 1 rings (SSSR count). The fourth-order valence-corrected chi connectivity index (χ4v) is 3.24. The molecule has 0 saturated heterocycles. The SMILES string of the molecule is CS(=O)(=O)N1CC[N+](S(C)(=O)=O)=C1C(=O)O. The first-order valence-corrected chi connectivity index (χ1v) is 7.80. The summed E-state index contributed by atoms with van der Waals surface area (Å²) < 4.78 is 46.1. The van der Waals surface area contributed by atoms with Gasteiger partial charge in [-0.3, -0.25) is 0 Å². The van der Waals surface area contributed by atoms with Crippen molar-refractivity contribution in [2.45, 2.75) is 0 Å². The van der Waals surface area contributed by atoms with E-state index in [2.05, 4.69) is 0 Å². The number of sulfonamides is 2. The van der Waals surface area contributed by atoms with E-state index in [0.717, 1.165) is 12.5 Å². The smallest absolute Gasteiger partial charge is 0.421 e. The van der Waals surface area contributed by atoms with Crippen LogP contribution in [0.5, 0.6) is 0 Å². The van der Waals surface area contributed by atoms with Crippen molar-refractivity contribution < 1.29 is 30.7 Å². The van der Waals surface area contributed by atoms with Crippen molar-refractivity contribution in [1.29, 1.82) is 0 Å². The Morgan fingerprint density at radius 2 is 1.81 bits per heavy atom. The molecule has 1 aliphatic rings. The molecule has 0 radical (unpaired) electrons. The first-order valence-electron chi connectivity index (χ1n) is 4.11. The summed E-state index contributed by atoms with van der Waals surface area (Å²) >= 11 is 0. The van der Waals surface area contributed by atoms with E-state index >= 15 is 0 Å². The quantitative estimate of drug-likeness (QED) is 0.579. The molecule has 1 heterocycles. The van der Waals surface area contributed by atoms with Crippen LogP contribution in [0.15, 0.2) is 0 Å². The lowest BCUT2D eigenvalue weighted by Gasteiger charge is -2.06. The van der Waals surface area contributed by atoms with Gasteiger partial charge in [-0.25, -0.2) is 4.79 Å². The van der Waals surface area contributed by atoms with Gasteiger partial charge in [0.05, 0.1) is 12.5 Å². The Morgan fingerprint density at radius 3 is 2.12 bits per heavy atom. The summed E-state index contributed by atoms with van der Waals surface area (Å²) in [7, 11) is -7.56. The van der Waals surface area contributed by atoms with Gasteiger partial charge >= 0.3 is 11.8 Å². The average Bonchev–Trinajstić information content (AvgIpc) is 2.43. The molecule has 0 aromatic rings. The number of carbonyl (C=O) groups is 1. The Hall–Kier alpha value is -1.16. The van der Waals surface area contributed by atoms with Gasteiger partial charge < -0.3 is 5.11 Å². The number of aliphatic carboxylic acids is 1. The highest BCUT2D eigenvalue weighted by molar-refractivity contribution is 7.89. The largest absolute Gasteiger partial charge is 0.472 e. The maximum absolute atomic E-state index is 11.2. The summed E-state index contributed by atoms with van der Waals surface area (Å²) in [6.07, 6.45) is 1.64. The van der Waals surface area contributed by atoms with Gasteiger partial charge in [0.1, 0.15) is 13.1 Å². The molecule has 1 N–H and O–H groups in total. The molecule has 0 aliphatic carbocycles. The minimum absolute atomic E-state index is 0.187. The lowest BCUT2D eigenvalue weighted by molar-refractivity contribution is -0.352. The molecule has 0 bridgehead atoms. The van der Waals surface area contributed by atoms with Crippen molar-refractivity contribution >= 4 is 31.9 Å². The van der Waals surface area contributed by atoms with Gasteiger partial charge in [0.25, 0.3) is 20.0 Å². The maximum atomic E-state index is 11.2. The molecule has 10 heteroatoms. The Balaban J connectivity index is 3.46. The number of hydrogen-bond acceptors (Lipinski definition) is 5. The van der Waals surface area contributed by atoms with Crippen molar-refractivity contribution in [3.63, 3.8) is 0 Å². The number of rotatable bonds is 3. The molecule has 92 valence electrons. The third-order valence-electron chi connectivity index (χ3n) is 1.97. The van der Waals surface area contributed by atoms with Crippen LogP contribution < -0.4 is 0 Å². The number of carboxylic acids is 1. The molecule has 0 fully saturated rings. The lowest BCUT2D eigenvalue weighted by atomic mass is 10.6. The highest BCUT2D eigenvalue weighted by atomic mass is 32.2. The summed E-state index contributed by atoms with van der Waals surface area (Å²) in [4.78, 5) is 10.9. The van der Waals surface area contributed by atoms with Gasteiger partial charge in [-0.1, -0.05) is 0 Å². The number of hydrogen-bond donors (Lipinski definition) is 1. The van der Waals surface area contributed by atoms with Crippen molar-refractivity contribution in [1.82, 2.24) is 4.31 Å². The van der Waals surface area contributed by atoms with Crippen LogP contribution in [-0.4, -0.2) is 67.6 Å². The molecule has 8 nitrogen and oxygen atoms in total.